The summed E-state index contributed by atoms with van der Waals surface area (Å²) in [5.41, 5.74) is 2.42. The van der Waals surface area contributed by atoms with Gasteiger partial charge in [0.15, 0.2) is 0 Å². The van der Waals surface area contributed by atoms with Gasteiger partial charge in [-0.1, -0.05) is 36.4 Å². The van der Waals surface area contributed by atoms with Crippen LogP contribution in [0.5, 0.6) is 0 Å². The number of hydrogen-bond donors (Lipinski definition) is 1. The molecule has 94 valence electrons. The Kier molecular flexibility index (Phi) is 3.11. The number of aromatic amines is 1. The molecule has 0 aliphatic heterocycles. The van der Waals surface area contributed by atoms with Crippen molar-refractivity contribution in [3.63, 3.8) is 0 Å². The topological polar surface area (TPSA) is 45.8 Å². The number of fused-ring (bicyclic) bond motifs is 1. The van der Waals surface area contributed by atoms with Gasteiger partial charge in [0.05, 0.1) is 11.6 Å². The second-order valence-electron chi connectivity index (χ2n) is 4.61. The molecule has 0 unspecified atom stereocenters. The fourth-order valence-corrected chi connectivity index (χ4v) is 2.24. The van der Waals surface area contributed by atoms with Crippen LogP contribution in [0.15, 0.2) is 59.5 Å². The number of aryl methyl sites for hydroxylation is 2. The predicted octanol–water partition coefficient (Wildman–Crippen LogP) is 2.71. The van der Waals surface area contributed by atoms with E-state index in [-0.39, 0.29) is 5.56 Å². The third-order valence-corrected chi connectivity index (χ3v) is 3.28. The monoisotopic (exact) mass is 250 g/mol. The number of benzene rings is 2. The van der Waals surface area contributed by atoms with Crippen LogP contribution in [0.25, 0.3) is 10.8 Å². The second-order valence-corrected chi connectivity index (χ2v) is 4.61. The number of rotatable bonds is 3. The maximum absolute atomic E-state index is 11.6. The van der Waals surface area contributed by atoms with E-state index in [1.165, 1.54) is 11.1 Å². The summed E-state index contributed by atoms with van der Waals surface area (Å²) in [6, 6.07) is 16.3. The Morgan fingerprint density at radius 3 is 2.58 bits per heavy atom. The van der Waals surface area contributed by atoms with Gasteiger partial charge in [-0.15, -0.1) is 0 Å². The van der Waals surface area contributed by atoms with Crippen molar-refractivity contribution >= 4 is 10.8 Å². The first-order valence-electron chi connectivity index (χ1n) is 6.33. The molecule has 1 N–H and O–H groups in total. The summed E-state index contributed by atoms with van der Waals surface area (Å²) in [4.78, 5) is 11.6. The van der Waals surface area contributed by atoms with E-state index < -0.39 is 0 Å². The Hall–Kier alpha value is -2.42. The summed E-state index contributed by atoms with van der Waals surface area (Å²) < 4.78 is 0. The SMILES string of the molecule is O=c1[nH]ncc2cc(CCc3ccccc3)ccc12. The third kappa shape index (κ3) is 2.55. The van der Waals surface area contributed by atoms with E-state index in [1.54, 1.807) is 6.20 Å². The zero-order valence-corrected chi connectivity index (χ0v) is 10.5. The van der Waals surface area contributed by atoms with E-state index >= 15 is 0 Å². The van der Waals surface area contributed by atoms with Crippen molar-refractivity contribution < 1.29 is 0 Å². The Balaban J connectivity index is 1.84. The van der Waals surface area contributed by atoms with Gasteiger partial charge in [0.1, 0.15) is 0 Å². The van der Waals surface area contributed by atoms with E-state index in [0.717, 1.165) is 18.2 Å². The highest BCUT2D eigenvalue weighted by atomic mass is 16.1. The molecule has 2 aromatic carbocycles. The first-order valence-corrected chi connectivity index (χ1v) is 6.33. The maximum atomic E-state index is 11.6. The number of hydrogen-bond acceptors (Lipinski definition) is 2. The van der Waals surface area contributed by atoms with Crippen molar-refractivity contribution in [3.8, 4) is 0 Å². The van der Waals surface area contributed by atoms with Crippen molar-refractivity contribution in [1.82, 2.24) is 10.2 Å². The lowest BCUT2D eigenvalue weighted by Gasteiger charge is -2.03. The molecule has 0 atom stereocenters. The minimum Gasteiger partial charge on any atom is -0.267 e. The van der Waals surface area contributed by atoms with Gasteiger partial charge in [-0.3, -0.25) is 4.79 Å². The molecular weight excluding hydrogens is 236 g/mol. The molecule has 0 amide bonds. The Bertz CT molecular complexity index is 747. The molecular formula is C16H14N2O. The highest BCUT2D eigenvalue weighted by molar-refractivity contribution is 5.81. The van der Waals surface area contributed by atoms with Crippen LogP contribution in [0.2, 0.25) is 0 Å². The van der Waals surface area contributed by atoms with Crippen LogP contribution >= 0.6 is 0 Å². The van der Waals surface area contributed by atoms with Gasteiger partial charge in [-0.25, -0.2) is 5.10 Å². The average Bonchev–Trinajstić information content (AvgIpc) is 2.46. The molecule has 0 saturated carbocycles. The van der Waals surface area contributed by atoms with E-state index in [2.05, 4.69) is 34.5 Å². The fourth-order valence-electron chi connectivity index (χ4n) is 2.24. The van der Waals surface area contributed by atoms with E-state index in [0.29, 0.717) is 5.39 Å². The van der Waals surface area contributed by atoms with Gasteiger partial charge in [-0.05, 0) is 36.1 Å². The Morgan fingerprint density at radius 2 is 1.74 bits per heavy atom. The van der Waals surface area contributed by atoms with Crippen LogP contribution < -0.4 is 5.56 Å². The number of aromatic nitrogens is 2. The number of nitrogens with one attached hydrogen (secondary N) is 1. The largest absolute Gasteiger partial charge is 0.272 e. The minimum atomic E-state index is -0.132. The average molecular weight is 250 g/mol. The van der Waals surface area contributed by atoms with Crippen molar-refractivity contribution in [1.29, 1.82) is 0 Å². The Morgan fingerprint density at radius 1 is 0.947 bits per heavy atom. The lowest BCUT2D eigenvalue weighted by molar-refractivity contribution is 0.960. The zero-order chi connectivity index (χ0) is 13.1. The van der Waals surface area contributed by atoms with Crippen molar-refractivity contribution in [2.75, 3.05) is 0 Å². The molecule has 0 fully saturated rings. The van der Waals surface area contributed by atoms with Gasteiger partial charge in [0.2, 0.25) is 0 Å². The normalized spacial score (nSPS) is 10.7. The van der Waals surface area contributed by atoms with E-state index in [4.69, 9.17) is 0 Å². The van der Waals surface area contributed by atoms with Crippen LogP contribution in [0.1, 0.15) is 11.1 Å². The van der Waals surface area contributed by atoms with Gasteiger partial charge in [0, 0.05) is 5.39 Å². The van der Waals surface area contributed by atoms with Crippen molar-refractivity contribution in [2.24, 2.45) is 0 Å². The summed E-state index contributed by atoms with van der Waals surface area (Å²) in [7, 11) is 0. The second kappa shape index (κ2) is 5.06. The summed E-state index contributed by atoms with van der Waals surface area (Å²) in [6.45, 7) is 0. The van der Waals surface area contributed by atoms with Crippen LogP contribution in [0, 0.1) is 0 Å². The summed E-state index contributed by atoms with van der Waals surface area (Å²) in [6.07, 6.45) is 3.67. The highest BCUT2D eigenvalue weighted by Gasteiger charge is 2.01. The minimum absolute atomic E-state index is 0.132. The van der Waals surface area contributed by atoms with Crippen molar-refractivity contribution in [3.05, 3.63) is 76.2 Å². The van der Waals surface area contributed by atoms with Crippen LogP contribution in [-0.2, 0) is 12.8 Å². The molecule has 19 heavy (non-hydrogen) atoms. The summed E-state index contributed by atoms with van der Waals surface area (Å²) >= 11 is 0. The molecule has 0 bridgehead atoms. The highest BCUT2D eigenvalue weighted by Crippen LogP contribution is 2.13. The first kappa shape index (κ1) is 11.7. The summed E-state index contributed by atoms with van der Waals surface area (Å²) in [5, 5.41) is 7.87. The molecule has 0 aliphatic carbocycles. The predicted molar refractivity (Wildman–Crippen MR) is 76.2 cm³/mol. The van der Waals surface area contributed by atoms with Crippen LogP contribution in [0.3, 0.4) is 0 Å². The van der Waals surface area contributed by atoms with Gasteiger partial charge in [-0.2, -0.15) is 5.10 Å². The first-order chi connectivity index (χ1) is 9.33. The maximum Gasteiger partial charge on any atom is 0.272 e. The smallest absolute Gasteiger partial charge is 0.267 e. The molecule has 3 rings (SSSR count). The van der Waals surface area contributed by atoms with Gasteiger partial charge >= 0.3 is 0 Å². The van der Waals surface area contributed by atoms with Crippen LogP contribution in [0.4, 0.5) is 0 Å². The molecule has 3 heteroatoms. The third-order valence-electron chi connectivity index (χ3n) is 3.28. The number of nitrogens with zero attached hydrogens (tertiary/aromatic N) is 1. The Labute approximate surface area is 110 Å². The fraction of sp³-hybridized carbons (Fsp3) is 0.125. The molecule has 0 spiro atoms. The molecule has 1 heterocycles. The molecule has 0 saturated heterocycles. The zero-order valence-electron chi connectivity index (χ0n) is 10.5. The molecule has 3 aromatic rings. The molecule has 1 aromatic heterocycles. The van der Waals surface area contributed by atoms with Gasteiger partial charge in [0.25, 0.3) is 5.56 Å². The lowest BCUT2D eigenvalue weighted by Crippen LogP contribution is -2.07. The molecule has 0 aliphatic rings. The summed E-state index contributed by atoms with van der Waals surface area (Å²) in [5.74, 6) is 0. The van der Waals surface area contributed by atoms with Crippen molar-refractivity contribution in [2.45, 2.75) is 12.8 Å². The molecule has 0 radical (unpaired) electrons. The van der Waals surface area contributed by atoms with E-state index in [1.807, 2.05) is 24.3 Å². The lowest BCUT2D eigenvalue weighted by atomic mass is 10.0. The molecule has 3 nitrogen and oxygen atoms in total. The van der Waals surface area contributed by atoms with E-state index in [9.17, 15) is 4.79 Å². The van der Waals surface area contributed by atoms with Crippen LogP contribution in [-0.4, -0.2) is 10.2 Å². The quantitative estimate of drug-likeness (QED) is 0.776. The number of H-pyrrole nitrogens is 1. The standard InChI is InChI=1S/C16H14N2O/c19-16-15-9-8-13(10-14(15)11-17-18-16)7-6-12-4-2-1-3-5-12/h1-5,8-11H,6-7H2,(H,18,19). The van der Waals surface area contributed by atoms with Gasteiger partial charge < -0.3 is 0 Å².